The number of aliphatic imine (C=N–C) groups is 1. The first-order valence-electron chi connectivity index (χ1n) is 10.8. The molecular weight excluding hydrogens is 446 g/mol. The number of hydrogen-bond acceptors (Lipinski definition) is 6. The van der Waals surface area contributed by atoms with E-state index in [2.05, 4.69) is 15.6 Å². The molecule has 0 saturated heterocycles. The number of nitrogens with one attached hydrogen (secondary N) is 2. The molecule has 176 valence electrons. The van der Waals surface area contributed by atoms with Crippen molar-refractivity contribution in [2.45, 2.75) is 13.2 Å². The Kier molecular flexibility index (Phi) is 7.55. The van der Waals surface area contributed by atoms with Crippen molar-refractivity contribution in [2.24, 2.45) is 4.99 Å². The minimum Gasteiger partial charge on any atom is -0.507 e. The Morgan fingerprint density at radius 3 is 1.74 bits per heavy atom. The highest BCUT2D eigenvalue weighted by molar-refractivity contribution is 6.05. The van der Waals surface area contributed by atoms with E-state index in [0.29, 0.717) is 16.5 Å². The fourth-order valence-corrected chi connectivity index (χ4v) is 3.29. The number of amides is 2. The summed E-state index contributed by atoms with van der Waals surface area (Å²) in [6.07, 6.45) is -1.61. The van der Waals surface area contributed by atoms with E-state index in [4.69, 9.17) is 9.47 Å². The maximum atomic E-state index is 12.4. The summed E-state index contributed by atoms with van der Waals surface area (Å²) in [6, 6.07) is 28.5. The van der Waals surface area contributed by atoms with Gasteiger partial charge >= 0.3 is 12.2 Å². The van der Waals surface area contributed by atoms with Gasteiger partial charge in [0.1, 0.15) is 19.0 Å². The van der Waals surface area contributed by atoms with Gasteiger partial charge in [0.15, 0.2) is 0 Å². The van der Waals surface area contributed by atoms with Crippen LogP contribution in [0.4, 0.5) is 15.3 Å². The van der Waals surface area contributed by atoms with Gasteiger partial charge < -0.3 is 14.6 Å². The quantitative estimate of drug-likeness (QED) is 0.268. The van der Waals surface area contributed by atoms with Gasteiger partial charge in [-0.25, -0.2) is 14.6 Å². The van der Waals surface area contributed by atoms with Gasteiger partial charge in [0, 0.05) is 10.8 Å². The smallest absolute Gasteiger partial charge is 0.414 e. The lowest BCUT2D eigenvalue weighted by Gasteiger charge is -2.12. The number of fused-ring (bicyclic) bond motifs is 1. The van der Waals surface area contributed by atoms with E-state index in [1.165, 1.54) is 0 Å². The molecule has 0 heterocycles. The number of alkyl carbamates (subject to hydrolysis) is 2. The van der Waals surface area contributed by atoms with Crippen LogP contribution in [0.15, 0.2) is 102 Å². The lowest BCUT2D eigenvalue weighted by molar-refractivity contribution is 0.141. The molecule has 2 amide bonds. The fraction of sp³-hybridized carbons (Fsp3) is 0.0741. The molecule has 3 N–H and O–H groups in total. The number of phenols is 1. The third kappa shape index (κ3) is 6.58. The zero-order chi connectivity index (χ0) is 24.5. The molecule has 8 heteroatoms. The molecule has 4 aromatic rings. The molecular formula is C27H23N3O5. The van der Waals surface area contributed by atoms with Crippen LogP contribution in [-0.4, -0.2) is 23.3 Å². The summed E-state index contributed by atoms with van der Waals surface area (Å²) >= 11 is 0. The monoisotopic (exact) mass is 469 g/mol. The maximum absolute atomic E-state index is 12.4. The molecule has 0 aliphatic heterocycles. The largest absolute Gasteiger partial charge is 0.507 e. The number of carbonyl (C=O) groups is 2. The summed E-state index contributed by atoms with van der Waals surface area (Å²) in [5.74, 6) is -0.0940. The topological polar surface area (TPSA) is 109 Å². The Labute approximate surface area is 201 Å². The van der Waals surface area contributed by atoms with E-state index in [-0.39, 0.29) is 24.9 Å². The Morgan fingerprint density at radius 2 is 1.17 bits per heavy atom. The molecule has 0 unspecified atom stereocenters. The molecule has 8 nitrogen and oxygen atoms in total. The van der Waals surface area contributed by atoms with Crippen molar-refractivity contribution in [1.82, 2.24) is 10.6 Å². The second kappa shape index (κ2) is 11.3. The van der Waals surface area contributed by atoms with E-state index in [0.717, 1.165) is 11.1 Å². The average Bonchev–Trinajstić information content (AvgIpc) is 2.88. The van der Waals surface area contributed by atoms with Crippen molar-refractivity contribution < 1.29 is 24.2 Å². The van der Waals surface area contributed by atoms with Crippen LogP contribution in [0, 0.1) is 0 Å². The third-order valence-electron chi connectivity index (χ3n) is 4.97. The molecule has 4 rings (SSSR count). The molecule has 0 fully saturated rings. The van der Waals surface area contributed by atoms with Crippen molar-refractivity contribution >= 4 is 34.6 Å². The van der Waals surface area contributed by atoms with Crippen LogP contribution >= 0.6 is 0 Å². The second-order valence-corrected chi connectivity index (χ2v) is 7.48. The Morgan fingerprint density at radius 1 is 0.657 bits per heavy atom. The predicted octanol–water partition coefficient (Wildman–Crippen LogP) is 5.39. The minimum atomic E-state index is -0.806. The van der Waals surface area contributed by atoms with E-state index in [1.807, 2.05) is 60.7 Å². The summed E-state index contributed by atoms with van der Waals surface area (Å²) in [7, 11) is 0. The molecule has 0 radical (unpaired) electrons. The predicted molar refractivity (Wildman–Crippen MR) is 132 cm³/mol. The fourth-order valence-electron chi connectivity index (χ4n) is 3.29. The van der Waals surface area contributed by atoms with Gasteiger partial charge in [-0.3, -0.25) is 10.6 Å². The highest BCUT2D eigenvalue weighted by atomic mass is 16.6. The first kappa shape index (κ1) is 23.3. The number of benzene rings is 4. The van der Waals surface area contributed by atoms with Gasteiger partial charge in [0.05, 0.1) is 5.69 Å². The lowest BCUT2D eigenvalue weighted by atomic mass is 10.1. The van der Waals surface area contributed by atoms with E-state index in [1.54, 1.807) is 36.4 Å². The number of ether oxygens (including phenoxy) is 2. The van der Waals surface area contributed by atoms with Crippen molar-refractivity contribution in [3.63, 3.8) is 0 Å². The molecule has 0 aliphatic carbocycles. The highest BCUT2D eigenvalue weighted by Crippen LogP contribution is 2.31. The summed E-state index contributed by atoms with van der Waals surface area (Å²) in [5, 5.41) is 16.3. The van der Waals surface area contributed by atoms with Crippen molar-refractivity contribution in [3.8, 4) is 5.75 Å². The van der Waals surface area contributed by atoms with Crippen LogP contribution in [0.25, 0.3) is 10.8 Å². The number of nitrogens with zero attached hydrogens (tertiary/aromatic N) is 1. The zero-order valence-corrected chi connectivity index (χ0v) is 18.7. The molecule has 0 aliphatic rings. The second-order valence-electron chi connectivity index (χ2n) is 7.48. The molecule has 35 heavy (non-hydrogen) atoms. The molecule has 0 aromatic heterocycles. The number of carbonyl (C=O) groups excluding carboxylic acids is 2. The Balaban J connectivity index is 1.52. The summed E-state index contributed by atoms with van der Waals surface area (Å²) in [5.41, 5.74) is 2.03. The highest BCUT2D eigenvalue weighted by Gasteiger charge is 2.14. The van der Waals surface area contributed by atoms with Crippen LogP contribution in [-0.2, 0) is 22.7 Å². The number of rotatable bonds is 5. The molecule has 0 atom stereocenters. The van der Waals surface area contributed by atoms with Gasteiger partial charge in [-0.2, -0.15) is 0 Å². The number of hydrogen-bond donors (Lipinski definition) is 3. The standard InChI is InChI=1S/C27H23N3O5/c31-24-16-8-13-21-22(24)14-7-15-23(21)28-25(29-26(32)34-17-19-9-3-1-4-10-19)30-27(33)35-18-20-11-5-2-6-12-20/h1-16,31H,17-18H2,(H2,28,29,30,32,33). The Hall–Kier alpha value is -4.85. The Bertz CT molecular complexity index is 1280. The van der Waals surface area contributed by atoms with Gasteiger partial charge in [0.25, 0.3) is 0 Å². The molecule has 4 aromatic carbocycles. The minimum absolute atomic E-state index is 0.0422. The van der Waals surface area contributed by atoms with E-state index < -0.39 is 12.2 Å². The molecule has 0 saturated carbocycles. The zero-order valence-electron chi connectivity index (χ0n) is 18.7. The number of phenolic OH excluding ortho intramolecular Hbond substituents is 1. The average molecular weight is 469 g/mol. The van der Waals surface area contributed by atoms with E-state index >= 15 is 0 Å². The third-order valence-corrected chi connectivity index (χ3v) is 4.97. The summed E-state index contributed by atoms with van der Waals surface area (Å²) in [6.45, 7) is 0.0844. The van der Waals surface area contributed by atoms with Crippen LogP contribution < -0.4 is 10.6 Å². The summed E-state index contributed by atoms with van der Waals surface area (Å²) < 4.78 is 10.5. The van der Waals surface area contributed by atoms with Crippen molar-refractivity contribution in [2.75, 3.05) is 0 Å². The van der Waals surface area contributed by atoms with E-state index in [9.17, 15) is 14.7 Å². The molecule has 0 spiro atoms. The van der Waals surface area contributed by atoms with Crippen molar-refractivity contribution in [3.05, 3.63) is 108 Å². The van der Waals surface area contributed by atoms with Crippen LogP contribution in [0.5, 0.6) is 5.75 Å². The van der Waals surface area contributed by atoms with Gasteiger partial charge in [-0.15, -0.1) is 0 Å². The normalized spacial score (nSPS) is 10.3. The first-order chi connectivity index (χ1) is 17.1. The van der Waals surface area contributed by atoms with Crippen LogP contribution in [0.2, 0.25) is 0 Å². The molecule has 0 bridgehead atoms. The van der Waals surface area contributed by atoms with Crippen molar-refractivity contribution in [1.29, 1.82) is 0 Å². The van der Waals surface area contributed by atoms with Gasteiger partial charge in [-0.1, -0.05) is 84.9 Å². The van der Waals surface area contributed by atoms with Crippen LogP contribution in [0.1, 0.15) is 11.1 Å². The lowest BCUT2D eigenvalue weighted by Crippen LogP contribution is -2.44. The number of aromatic hydroxyl groups is 1. The van der Waals surface area contributed by atoms with Gasteiger partial charge in [0.2, 0.25) is 5.96 Å². The SMILES string of the molecule is O=C(NC(=Nc1cccc2c(O)cccc12)NC(=O)OCc1ccccc1)OCc1ccccc1. The van der Waals surface area contributed by atoms with Crippen LogP contribution in [0.3, 0.4) is 0 Å². The van der Waals surface area contributed by atoms with Gasteiger partial charge in [-0.05, 0) is 23.3 Å². The number of guanidine groups is 1. The first-order valence-corrected chi connectivity index (χ1v) is 10.8. The maximum Gasteiger partial charge on any atom is 0.414 e. The summed E-state index contributed by atoms with van der Waals surface area (Å²) in [4.78, 5) is 29.3.